The highest BCUT2D eigenvalue weighted by Crippen LogP contribution is 2.37. The maximum atomic E-state index is 13.5. The van der Waals surface area contributed by atoms with Crippen molar-refractivity contribution in [3.05, 3.63) is 64.9 Å². The van der Waals surface area contributed by atoms with Gasteiger partial charge in [-0.3, -0.25) is 14.5 Å². The lowest BCUT2D eigenvalue weighted by Gasteiger charge is -2.29. The molecule has 2 amide bonds. The number of amides is 2. The van der Waals surface area contributed by atoms with Gasteiger partial charge >= 0.3 is 0 Å². The Labute approximate surface area is 178 Å². The van der Waals surface area contributed by atoms with Crippen LogP contribution in [-0.4, -0.2) is 29.5 Å². The van der Waals surface area contributed by atoms with Crippen molar-refractivity contribution in [3.63, 3.8) is 0 Å². The summed E-state index contributed by atoms with van der Waals surface area (Å²) in [6.07, 6.45) is 0. The second kappa shape index (κ2) is 7.06. The normalized spacial score (nSPS) is 18.5. The summed E-state index contributed by atoms with van der Waals surface area (Å²) in [5, 5.41) is 2.03. The van der Waals surface area contributed by atoms with Gasteiger partial charge in [-0.25, -0.2) is 4.85 Å². The highest BCUT2D eigenvalue weighted by atomic mass is 32.1. The quantitative estimate of drug-likeness (QED) is 0.631. The van der Waals surface area contributed by atoms with Crippen LogP contribution in [0.1, 0.15) is 38.0 Å². The van der Waals surface area contributed by atoms with Gasteiger partial charge in [0, 0.05) is 24.0 Å². The van der Waals surface area contributed by atoms with Gasteiger partial charge in [0.2, 0.25) is 0 Å². The fraction of sp³-hybridized carbons (Fsp3) is 0.238. The molecule has 0 spiro atoms. The van der Waals surface area contributed by atoms with Gasteiger partial charge in [0.1, 0.15) is 5.54 Å². The zero-order valence-corrected chi connectivity index (χ0v) is 16.5. The van der Waals surface area contributed by atoms with Gasteiger partial charge in [-0.15, -0.1) is 0 Å². The lowest BCUT2D eigenvalue weighted by molar-refractivity contribution is -0.120. The first kappa shape index (κ1) is 13.0. The largest absolute Gasteiger partial charge is 0.355 e. The molecule has 7 heteroatoms. The number of benzene rings is 2. The highest BCUT2D eigenvalue weighted by Gasteiger charge is 2.50. The number of rotatable bonds is 3. The van der Waals surface area contributed by atoms with E-state index in [4.69, 9.17) is 27.0 Å². The number of thiocarbonyl (C=S) groups is 1. The summed E-state index contributed by atoms with van der Waals surface area (Å²) in [5.41, 5.74) is -2.06. The Hall–Kier alpha value is -3.24. The van der Waals surface area contributed by atoms with E-state index in [-0.39, 0.29) is 39.8 Å². The molecule has 1 fully saturated rings. The summed E-state index contributed by atoms with van der Waals surface area (Å²) in [5.74, 6) is -1.45. The number of anilines is 2. The van der Waals surface area contributed by atoms with Gasteiger partial charge in [-0.05, 0) is 74.8 Å². The Balaban J connectivity index is 2.30. The Morgan fingerprint density at radius 1 is 1.25 bits per heavy atom. The SMILES string of the molecule is [2H]c1cc([N+]#[C-])c(C)c([2H])c1N1C(=O)C(C)(C)N(c2c([2H])c([2H])c(C(=O)NC)c([2H])c2[2H])C1=S. The van der Waals surface area contributed by atoms with Crippen LogP contribution in [0.2, 0.25) is 0 Å². The summed E-state index contributed by atoms with van der Waals surface area (Å²) in [4.78, 5) is 31.1. The first-order valence-electron chi connectivity index (χ1n) is 11.2. The molecular weight excluding hydrogens is 372 g/mol. The lowest BCUT2D eigenvalue weighted by Crippen LogP contribution is -2.44. The van der Waals surface area contributed by atoms with Crippen molar-refractivity contribution in [2.24, 2.45) is 0 Å². The van der Waals surface area contributed by atoms with Gasteiger partial charge in [-0.1, -0.05) is 6.07 Å². The first-order valence-corrected chi connectivity index (χ1v) is 8.64. The third-order valence-electron chi connectivity index (χ3n) is 4.34. The topological polar surface area (TPSA) is 57.0 Å². The molecule has 142 valence electrons. The average molecular weight is 399 g/mol. The molecule has 0 radical (unpaired) electrons. The molecule has 3 rings (SSSR count). The molecule has 0 aromatic heterocycles. The van der Waals surface area contributed by atoms with E-state index in [2.05, 4.69) is 10.2 Å². The Morgan fingerprint density at radius 2 is 1.89 bits per heavy atom. The van der Waals surface area contributed by atoms with Crippen molar-refractivity contribution in [3.8, 4) is 0 Å². The summed E-state index contributed by atoms with van der Waals surface area (Å²) < 4.78 is 50.3. The van der Waals surface area contributed by atoms with Crippen LogP contribution >= 0.6 is 12.2 Å². The summed E-state index contributed by atoms with van der Waals surface area (Å²) in [6.45, 7) is 11.7. The highest BCUT2D eigenvalue weighted by molar-refractivity contribution is 7.81. The Bertz CT molecular complexity index is 1310. The molecule has 0 bridgehead atoms. The molecule has 1 heterocycles. The van der Waals surface area contributed by atoms with Crippen LogP contribution in [0.3, 0.4) is 0 Å². The number of hydrogen-bond acceptors (Lipinski definition) is 3. The van der Waals surface area contributed by atoms with Crippen LogP contribution in [0.25, 0.3) is 4.85 Å². The lowest BCUT2D eigenvalue weighted by atomic mass is 10.0. The zero-order chi connectivity index (χ0) is 25.9. The first-order chi connectivity index (χ1) is 15.7. The number of nitrogens with zero attached hydrogens (tertiary/aromatic N) is 3. The molecule has 28 heavy (non-hydrogen) atoms. The molecule has 0 aliphatic carbocycles. The minimum Gasteiger partial charge on any atom is -0.355 e. The molecule has 0 atom stereocenters. The van der Waals surface area contributed by atoms with E-state index in [1.165, 1.54) is 33.9 Å². The van der Waals surface area contributed by atoms with Gasteiger partial charge in [0.15, 0.2) is 10.8 Å². The van der Waals surface area contributed by atoms with Gasteiger partial charge in [-0.2, -0.15) is 0 Å². The van der Waals surface area contributed by atoms with Crippen molar-refractivity contribution in [1.29, 1.82) is 0 Å². The minimum atomic E-state index is -1.51. The summed E-state index contributed by atoms with van der Waals surface area (Å²) >= 11 is 5.52. The van der Waals surface area contributed by atoms with E-state index >= 15 is 0 Å². The van der Waals surface area contributed by atoms with E-state index in [0.29, 0.717) is 0 Å². The van der Waals surface area contributed by atoms with Gasteiger partial charge < -0.3 is 10.2 Å². The smallest absolute Gasteiger partial charge is 0.259 e. The molecule has 1 aliphatic rings. The maximum Gasteiger partial charge on any atom is 0.259 e. The summed E-state index contributed by atoms with van der Waals surface area (Å²) in [6, 6.07) is -1.61. The van der Waals surface area contributed by atoms with E-state index in [0.717, 1.165) is 9.80 Å². The minimum absolute atomic E-state index is 0.0943. The number of nitrogens with one attached hydrogen (secondary N) is 1. The van der Waals surface area contributed by atoms with Gasteiger partial charge in [0.05, 0.1) is 14.8 Å². The van der Waals surface area contributed by atoms with Crippen molar-refractivity contribution in [1.82, 2.24) is 5.32 Å². The second-order valence-corrected chi connectivity index (χ2v) is 6.87. The van der Waals surface area contributed by atoms with Crippen LogP contribution in [0.5, 0.6) is 0 Å². The van der Waals surface area contributed by atoms with Crippen LogP contribution in [-0.2, 0) is 4.79 Å². The van der Waals surface area contributed by atoms with Crippen LogP contribution < -0.4 is 15.1 Å². The number of carbonyl (C=O) groups excluding carboxylic acids is 2. The molecule has 2 aromatic rings. The van der Waals surface area contributed by atoms with Crippen molar-refractivity contribution in [2.45, 2.75) is 26.3 Å². The molecule has 1 N–H and O–H groups in total. The molecule has 1 aliphatic heterocycles. The summed E-state index contributed by atoms with van der Waals surface area (Å²) in [7, 11) is 1.30. The Morgan fingerprint density at radius 3 is 2.46 bits per heavy atom. The molecule has 0 saturated carbocycles. The molecule has 1 saturated heterocycles. The monoisotopic (exact) mass is 398 g/mol. The average Bonchev–Trinajstić information content (AvgIpc) is 2.95. The molecule has 2 aromatic carbocycles. The van der Waals surface area contributed by atoms with Crippen LogP contribution in [0, 0.1) is 13.5 Å². The van der Waals surface area contributed by atoms with E-state index < -0.39 is 47.1 Å². The molecular formula is C21H20N4O2S. The Kier molecular flexibility index (Phi) is 3.28. The number of hydrogen-bond donors (Lipinski definition) is 1. The fourth-order valence-electron chi connectivity index (χ4n) is 2.78. The van der Waals surface area contributed by atoms with E-state index in [1.54, 1.807) is 0 Å². The van der Waals surface area contributed by atoms with Crippen LogP contribution in [0.15, 0.2) is 42.3 Å². The van der Waals surface area contributed by atoms with Crippen LogP contribution in [0.4, 0.5) is 17.1 Å². The molecule has 0 unspecified atom stereocenters. The standard InChI is InChI=1S/C21H20N4O2S/c1-13-12-16(10-11-17(13)22-4)24-19(27)21(2,3)25(20(24)28)15-8-6-14(7-9-15)18(26)23-5/h6-12H,1-3,5H3,(H,23,26)/i6D,7D,8D,9D,10D,12D. The second-order valence-electron chi connectivity index (χ2n) is 6.50. The van der Waals surface area contributed by atoms with Crippen molar-refractivity contribution < 1.29 is 17.8 Å². The zero-order valence-electron chi connectivity index (χ0n) is 21.6. The third-order valence-corrected chi connectivity index (χ3v) is 4.70. The van der Waals surface area contributed by atoms with E-state index in [1.807, 2.05) is 0 Å². The number of carbonyl (C=O) groups is 2. The fourth-order valence-corrected chi connectivity index (χ4v) is 3.28. The predicted octanol–water partition coefficient (Wildman–Crippen LogP) is 3.82. The maximum absolute atomic E-state index is 13.5. The van der Waals surface area contributed by atoms with Gasteiger partial charge in [0.25, 0.3) is 11.8 Å². The molecule has 6 nitrogen and oxygen atoms in total. The third kappa shape index (κ3) is 3.02. The van der Waals surface area contributed by atoms with Crippen molar-refractivity contribution in [2.75, 3.05) is 16.8 Å². The predicted molar refractivity (Wildman–Crippen MR) is 114 cm³/mol. The van der Waals surface area contributed by atoms with Crippen molar-refractivity contribution >= 4 is 46.2 Å². The van der Waals surface area contributed by atoms with E-state index in [9.17, 15) is 9.59 Å².